The fourth-order valence-corrected chi connectivity index (χ4v) is 2.67. The van der Waals surface area contributed by atoms with Gasteiger partial charge in [-0.3, -0.25) is 9.59 Å². The molecule has 0 saturated heterocycles. The Morgan fingerprint density at radius 2 is 1.88 bits per heavy atom. The maximum absolute atomic E-state index is 12.0. The Morgan fingerprint density at radius 1 is 1.04 bits per heavy atom. The van der Waals surface area contributed by atoms with Gasteiger partial charge in [-0.05, 0) is 24.8 Å². The van der Waals surface area contributed by atoms with E-state index in [0.717, 1.165) is 18.4 Å². The van der Waals surface area contributed by atoms with Gasteiger partial charge in [0.15, 0.2) is 5.78 Å². The molecule has 1 N–H and O–H groups in total. The minimum atomic E-state index is -0.0179. The van der Waals surface area contributed by atoms with E-state index in [9.17, 15) is 9.59 Å². The summed E-state index contributed by atoms with van der Waals surface area (Å²) in [4.78, 5) is 32.0. The summed E-state index contributed by atoms with van der Waals surface area (Å²) in [6.45, 7) is 0.598. The van der Waals surface area contributed by atoms with E-state index in [1.165, 1.54) is 6.33 Å². The first-order valence-electron chi connectivity index (χ1n) is 8.71. The van der Waals surface area contributed by atoms with Crippen molar-refractivity contribution in [3.05, 3.63) is 60.2 Å². The van der Waals surface area contributed by atoms with Crippen molar-refractivity contribution in [3.8, 4) is 0 Å². The van der Waals surface area contributed by atoms with Crippen molar-refractivity contribution in [1.82, 2.24) is 24.9 Å². The second-order valence-electron chi connectivity index (χ2n) is 6.06. The summed E-state index contributed by atoms with van der Waals surface area (Å²) >= 11 is 0. The molecule has 0 aliphatic heterocycles. The van der Waals surface area contributed by atoms with Gasteiger partial charge in [0.25, 0.3) is 5.78 Å². The molecule has 1 amide bonds. The Morgan fingerprint density at radius 3 is 2.73 bits per heavy atom. The van der Waals surface area contributed by atoms with Crippen molar-refractivity contribution in [1.29, 1.82) is 0 Å². The molecule has 134 valence electrons. The van der Waals surface area contributed by atoms with E-state index in [1.807, 2.05) is 24.4 Å². The molecular formula is C19H21N5O2. The third-order valence-electron chi connectivity index (χ3n) is 4.06. The summed E-state index contributed by atoms with van der Waals surface area (Å²) in [6, 6.07) is 9.16. The van der Waals surface area contributed by atoms with Crippen molar-refractivity contribution < 1.29 is 9.59 Å². The lowest BCUT2D eigenvalue weighted by molar-refractivity contribution is -0.121. The predicted molar refractivity (Wildman–Crippen MR) is 96.7 cm³/mol. The molecular weight excluding hydrogens is 330 g/mol. The molecule has 2 aromatic heterocycles. The Bertz CT molecular complexity index is 876. The first kappa shape index (κ1) is 17.7. The fraction of sp³-hybridized carbons (Fsp3) is 0.316. The number of benzene rings is 1. The van der Waals surface area contributed by atoms with Crippen molar-refractivity contribution in [2.75, 3.05) is 6.54 Å². The van der Waals surface area contributed by atoms with Gasteiger partial charge in [0.2, 0.25) is 5.91 Å². The van der Waals surface area contributed by atoms with Gasteiger partial charge in [-0.2, -0.15) is 10.1 Å². The summed E-state index contributed by atoms with van der Waals surface area (Å²) in [7, 11) is 0. The van der Waals surface area contributed by atoms with Crippen LogP contribution >= 0.6 is 0 Å². The first-order chi connectivity index (χ1) is 12.7. The molecule has 3 rings (SSSR count). The number of rotatable bonds is 9. The van der Waals surface area contributed by atoms with Gasteiger partial charge in [0.05, 0.1) is 0 Å². The number of ketones is 1. The Balaban J connectivity index is 1.31. The van der Waals surface area contributed by atoms with E-state index in [2.05, 4.69) is 20.4 Å². The van der Waals surface area contributed by atoms with Crippen molar-refractivity contribution in [2.45, 2.75) is 32.1 Å². The molecule has 0 saturated carbocycles. The fourth-order valence-electron chi connectivity index (χ4n) is 2.67. The molecule has 0 radical (unpaired) electrons. The zero-order valence-corrected chi connectivity index (χ0v) is 14.5. The van der Waals surface area contributed by atoms with Crippen LogP contribution in [0.15, 0.2) is 49.1 Å². The minimum absolute atomic E-state index is 0.0179. The van der Waals surface area contributed by atoms with Crippen LogP contribution in [0.25, 0.3) is 5.78 Å². The highest BCUT2D eigenvalue weighted by Gasteiger charge is 2.07. The van der Waals surface area contributed by atoms with Crippen LogP contribution in [0, 0.1) is 0 Å². The topological polar surface area (TPSA) is 89.2 Å². The number of aryl methyl sites for hydroxylation is 1. The monoisotopic (exact) mass is 351 g/mol. The summed E-state index contributed by atoms with van der Waals surface area (Å²) < 4.78 is 1.64. The normalized spacial score (nSPS) is 10.8. The molecule has 0 fully saturated rings. The third-order valence-corrected chi connectivity index (χ3v) is 4.06. The van der Waals surface area contributed by atoms with E-state index in [0.29, 0.717) is 37.1 Å². The van der Waals surface area contributed by atoms with Gasteiger partial charge in [0, 0.05) is 37.3 Å². The van der Waals surface area contributed by atoms with Crippen LogP contribution in [0.5, 0.6) is 0 Å². The number of fused-ring (bicyclic) bond motifs is 1. The van der Waals surface area contributed by atoms with E-state index >= 15 is 0 Å². The van der Waals surface area contributed by atoms with E-state index in [-0.39, 0.29) is 11.7 Å². The highest BCUT2D eigenvalue weighted by molar-refractivity contribution is 5.96. The van der Waals surface area contributed by atoms with Gasteiger partial charge in [-0.1, -0.05) is 30.3 Å². The molecule has 26 heavy (non-hydrogen) atoms. The highest BCUT2D eigenvalue weighted by Crippen LogP contribution is 2.07. The zero-order valence-electron chi connectivity index (χ0n) is 14.5. The number of amides is 1. The third kappa shape index (κ3) is 4.95. The predicted octanol–water partition coefficient (Wildman–Crippen LogP) is 2.23. The molecule has 0 aliphatic carbocycles. The van der Waals surface area contributed by atoms with E-state index in [1.54, 1.807) is 22.8 Å². The molecule has 0 atom stereocenters. The molecule has 0 bridgehead atoms. The zero-order chi connectivity index (χ0) is 18.2. The number of hydrogen-bond acceptors (Lipinski definition) is 5. The Hall–Kier alpha value is -3.09. The van der Waals surface area contributed by atoms with Crippen LogP contribution in [0.1, 0.15) is 41.6 Å². The average molecular weight is 351 g/mol. The SMILES string of the molecule is O=C(CCCC(=O)c1ccccc1)NCCCc1cnc2ncnn2c1. The quantitative estimate of drug-likeness (QED) is 0.472. The van der Waals surface area contributed by atoms with Crippen molar-refractivity contribution >= 4 is 17.5 Å². The van der Waals surface area contributed by atoms with Crippen LogP contribution in [0.3, 0.4) is 0 Å². The van der Waals surface area contributed by atoms with Gasteiger partial charge < -0.3 is 5.32 Å². The van der Waals surface area contributed by atoms with Crippen molar-refractivity contribution in [2.24, 2.45) is 0 Å². The van der Waals surface area contributed by atoms with Crippen LogP contribution < -0.4 is 5.32 Å². The number of hydrogen-bond donors (Lipinski definition) is 1. The lowest BCUT2D eigenvalue weighted by Gasteiger charge is -2.05. The maximum Gasteiger partial charge on any atom is 0.252 e. The number of aromatic nitrogens is 4. The smallest absolute Gasteiger partial charge is 0.252 e. The Labute approximate surface area is 151 Å². The summed E-state index contributed by atoms with van der Waals surface area (Å²) in [6.07, 6.45) is 8.08. The maximum atomic E-state index is 12.0. The van der Waals surface area contributed by atoms with Crippen LogP contribution in [0.4, 0.5) is 0 Å². The Kier molecular flexibility index (Phi) is 6.03. The number of carbonyl (C=O) groups excluding carboxylic acids is 2. The summed E-state index contributed by atoms with van der Waals surface area (Å²) in [5.74, 6) is 0.636. The molecule has 0 aliphatic rings. The van der Waals surface area contributed by atoms with Gasteiger partial charge in [0.1, 0.15) is 6.33 Å². The number of Topliss-reactive ketones (excluding diaryl/α,β-unsaturated/α-hetero) is 1. The molecule has 0 spiro atoms. The second-order valence-corrected chi connectivity index (χ2v) is 6.06. The molecule has 1 aromatic carbocycles. The lowest BCUT2D eigenvalue weighted by Crippen LogP contribution is -2.24. The number of nitrogens with zero attached hydrogens (tertiary/aromatic N) is 4. The average Bonchev–Trinajstić information content (AvgIpc) is 3.13. The highest BCUT2D eigenvalue weighted by atomic mass is 16.1. The molecule has 2 heterocycles. The van der Waals surface area contributed by atoms with Crippen molar-refractivity contribution in [3.63, 3.8) is 0 Å². The van der Waals surface area contributed by atoms with E-state index in [4.69, 9.17) is 0 Å². The van der Waals surface area contributed by atoms with Gasteiger partial charge in [-0.15, -0.1) is 0 Å². The van der Waals surface area contributed by atoms with Crippen LogP contribution in [-0.2, 0) is 11.2 Å². The lowest BCUT2D eigenvalue weighted by atomic mass is 10.1. The summed E-state index contributed by atoms with van der Waals surface area (Å²) in [5, 5.41) is 6.94. The standard InChI is InChI=1S/C19H21N5O2/c25-17(16-7-2-1-3-8-16)9-4-10-18(26)20-11-5-6-15-12-21-19-22-14-23-24(19)13-15/h1-3,7-8,12-14H,4-6,9-11H2,(H,20,26). The summed E-state index contributed by atoms with van der Waals surface area (Å²) in [5.41, 5.74) is 1.75. The van der Waals surface area contributed by atoms with Gasteiger partial charge >= 0.3 is 0 Å². The van der Waals surface area contributed by atoms with Crippen LogP contribution in [0.2, 0.25) is 0 Å². The molecule has 3 aromatic rings. The molecule has 7 heteroatoms. The molecule has 0 unspecified atom stereocenters. The minimum Gasteiger partial charge on any atom is -0.356 e. The van der Waals surface area contributed by atoms with Gasteiger partial charge in [-0.25, -0.2) is 9.50 Å². The van der Waals surface area contributed by atoms with Crippen LogP contribution in [-0.4, -0.2) is 37.8 Å². The number of carbonyl (C=O) groups is 2. The largest absolute Gasteiger partial charge is 0.356 e. The number of nitrogens with one attached hydrogen (secondary N) is 1. The first-order valence-corrected chi connectivity index (χ1v) is 8.71. The van der Waals surface area contributed by atoms with E-state index < -0.39 is 0 Å². The molecule has 7 nitrogen and oxygen atoms in total. The second kappa shape index (κ2) is 8.84.